The number of hydrogen-bond acceptors (Lipinski definition) is 1. The van der Waals surface area contributed by atoms with E-state index < -0.39 is 17.7 Å². The maximum atomic E-state index is 13.4. The molecule has 0 bridgehead atoms. The highest BCUT2D eigenvalue weighted by atomic mass is 35.5. The minimum absolute atomic E-state index is 0.0431. The molecule has 0 fully saturated rings. The number of halogens is 3. The van der Waals surface area contributed by atoms with Gasteiger partial charge in [-0.15, -0.1) is 0 Å². The van der Waals surface area contributed by atoms with Crippen LogP contribution >= 0.6 is 11.6 Å². The zero-order valence-corrected chi connectivity index (χ0v) is 11.0. The molecule has 0 spiro atoms. The molecule has 0 aliphatic carbocycles. The van der Waals surface area contributed by atoms with Crippen LogP contribution in [0.2, 0.25) is 5.02 Å². The van der Waals surface area contributed by atoms with Crippen molar-refractivity contribution in [3.05, 3.63) is 64.7 Å². The van der Waals surface area contributed by atoms with Crippen LogP contribution in [0.1, 0.15) is 5.56 Å². The summed E-state index contributed by atoms with van der Waals surface area (Å²) >= 11 is 5.78. The Morgan fingerprint density at radius 2 is 1.95 bits per heavy atom. The summed E-state index contributed by atoms with van der Waals surface area (Å²) in [7, 11) is 0. The summed E-state index contributed by atoms with van der Waals surface area (Å²) in [5.74, 6) is -1.36. The molecule has 0 aliphatic heterocycles. The van der Waals surface area contributed by atoms with Crippen LogP contribution in [0.4, 0.5) is 19.3 Å². The van der Waals surface area contributed by atoms with Gasteiger partial charge >= 0.3 is 6.03 Å². The quantitative estimate of drug-likeness (QED) is 0.885. The van der Waals surface area contributed by atoms with Crippen LogP contribution in [0.15, 0.2) is 42.5 Å². The Balaban J connectivity index is 1.92. The van der Waals surface area contributed by atoms with Crippen molar-refractivity contribution in [3.8, 4) is 0 Å². The third-order valence-electron chi connectivity index (χ3n) is 2.54. The average Bonchev–Trinajstić information content (AvgIpc) is 2.37. The van der Waals surface area contributed by atoms with Crippen molar-refractivity contribution in [3.63, 3.8) is 0 Å². The van der Waals surface area contributed by atoms with E-state index in [-0.39, 0.29) is 12.1 Å². The molecule has 0 saturated carbocycles. The van der Waals surface area contributed by atoms with E-state index in [9.17, 15) is 13.6 Å². The molecule has 0 saturated heterocycles. The largest absolute Gasteiger partial charge is 0.334 e. The van der Waals surface area contributed by atoms with Gasteiger partial charge in [0.2, 0.25) is 0 Å². The average molecular weight is 297 g/mol. The van der Waals surface area contributed by atoms with Gasteiger partial charge in [-0.25, -0.2) is 13.6 Å². The standard InChI is InChI=1S/C14H11ClF2N2O/c15-10-2-1-3-12(6-10)19-14(20)18-8-9-4-5-11(16)7-13(9)17/h1-7H,8H2,(H2,18,19,20). The molecule has 3 nitrogen and oxygen atoms in total. The van der Waals surface area contributed by atoms with Crippen molar-refractivity contribution in [2.24, 2.45) is 0 Å². The van der Waals surface area contributed by atoms with Crippen molar-refractivity contribution in [2.45, 2.75) is 6.54 Å². The second kappa shape index (κ2) is 6.34. The molecule has 0 radical (unpaired) electrons. The van der Waals surface area contributed by atoms with Crippen LogP contribution in [0.5, 0.6) is 0 Å². The summed E-state index contributed by atoms with van der Waals surface area (Å²) in [4.78, 5) is 11.6. The van der Waals surface area contributed by atoms with Gasteiger partial charge in [-0.3, -0.25) is 0 Å². The first-order valence-electron chi connectivity index (χ1n) is 5.79. The molecule has 0 unspecified atom stereocenters. The van der Waals surface area contributed by atoms with E-state index in [0.717, 1.165) is 12.1 Å². The highest BCUT2D eigenvalue weighted by Crippen LogP contribution is 2.14. The fourth-order valence-electron chi connectivity index (χ4n) is 1.58. The van der Waals surface area contributed by atoms with Gasteiger partial charge < -0.3 is 10.6 Å². The lowest BCUT2D eigenvalue weighted by molar-refractivity contribution is 0.251. The highest BCUT2D eigenvalue weighted by molar-refractivity contribution is 6.30. The monoisotopic (exact) mass is 296 g/mol. The second-order valence-electron chi connectivity index (χ2n) is 4.05. The predicted octanol–water partition coefficient (Wildman–Crippen LogP) is 3.94. The number of urea groups is 1. The van der Waals surface area contributed by atoms with Crippen LogP contribution in [0.3, 0.4) is 0 Å². The molecule has 2 aromatic carbocycles. The van der Waals surface area contributed by atoms with Crippen molar-refractivity contribution in [1.29, 1.82) is 0 Å². The van der Waals surface area contributed by atoms with E-state index in [1.54, 1.807) is 24.3 Å². The molecular formula is C14H11ClF2N2O. The maximum Gasteiger partial charge on any atom is 0.319 e. The van der Waals surface area contributed by atoms with E-state index >= 15 is 0 Å². The number of amides is 2. The van der Waals surface area contributed by atoms with E-state index in [1.165, 1.54) is 6.07 Å². The Morgan fingerprint density at radius 1 is 1.15 bits per heavy atom. The van der Waals surface area contributed by atoms with Crippen molar-refractivity contribution in [1.82, 2.24) is 5.32 Å². The van der Waals surface area contributed by atoms with Crippen molar-refractivity contribution in [2.75, 3.05) is 5.32 Å². The van der Waals surface area contributed by atoms with E-state index in [1.807, 2.05) is 0 Å². The normalized spacial score (nSPS) is 10.2. The molecule has 2 amide bonds. The summed E-state index contributed by atoms with van der Waals surface area (Å²) in [5.41, 5.74) is 0.724. The Morgan fingerprint density at radius 3 is 2.65 bits per heavy atom. The molecule has 0 aliphatic rings. The minimum atomic E-state index is -0.701. The number of carbonyl (C=O) groups is 1. The third-order valence-corrected chi connectivity index (χ3v) is 2.77. The summed E-state index contributed by atoms with van der Waals surface area (Å²) in [5, 5.41) is 5.52. The van der Waals surface area contributed by atoms with Gasteiger partial charge in [0.05, 0.1) is 0 Å². The molecule has 2 aromatic rings. The van der Waals surface area contributed by atoms with Gasteiger partial charge in [0.1, 0.15) is 11.6 Å². The lowest BCUT2D eigenvalue weighted by atomic mass is 10.2. The fraction of sp³-hybridized carbons (Fsp3) is 0.0714. The number of anilines is 1. The summed E-state index contributed by atoms with van der Waals surface area (Å²) in [6.45, 7) is -0.0431. The predicted molar refractivity (Wildman–Crippen MR) is 73.7 cm³/mol. The molecule has 0 heterocycles. The van der Waals surface area contributed by atoms with Crippen LogP contribution in [0, 0.1) is 11.6 Å². The molecule has 2 N–H and O–H groups in total. The Labute approximate surface area is 119 Å². The van der Waals surface area contributed by atoms with Crippen LogP contribution < -0.4 is 10.6 Å². The molecule has 0 aromatic heterocycles. The molecule has 2 rings (SSSR count). The Hall–Kier alpha value is -2.14. The first kappa shape index (κ1) is 14.3. The molecular weight excluding hydrogens is 286 g/mol. The van der Waals surface area contributed by atoms with Crippen molar-refractivity contribution >= 4 is 23.3 Å². The maximum absolute atomic E-state index is 13.4. The third kappa shape index (κ3) is 3.93. The van der Waals surface area contributed by atoms with Crippen LogP contribution in [0.25, 0.3) is 0 Å². The van der Waals surface area contributed by atoms with Gasteiger partial charge in [-0.2, -0.15) is 0 Å². The zero-order valence-electron chi connectivity index (χ0n) is 10.3. The van der Waals surface area contributed by atoms with E-state index in [0.29, 0.717) is 10.7 Å². The van der Waals surface area contributed by atoms with Gasteiger partial charge in [-0.05, 0) is 24.3 Å². The first-order chi connectivity index (χ1) is 9.54. The van der Waals surface area contributed by atoms with Gasteiger partial charge in [-0.1, -0.05) is 23.7 Å². The number of hydrogen-bond donors (Lipinski definition) is 2. The first-order valence-corrected chi connectivity index (χ1v) is 6.17. The smallest absolute Gasteiger partial charge is 0.319 e. The number of carbonyl (C=O) groups excluding carboxylic acids is 1. The topological polar surface area (TPSA) is 41.1 Å². The number of rotatable bonds is 3. The molecule has 104 valence electrons. The summed E-state index contributed by atoms with van der Waals surface area (Å²) in [6.07, 6.45) is 0. The summed E-state index contributed by atoms with van der Waals surface area (Å²) in [6, 6.07) is 9.31. The van der Waals surface area contributed by atoms with E-state index in [4.69, 9.17) is 11.6 Å². The lowest BCUT2D eigenvalue weighted by Gasteiger charge is -2.08. The highest BCUT2D eigenvalue weighted by Gasteiger charge is 2.06. The molecule has 6 heteroatoms. The SMILES string of the molecule is O=C(NCc1ccc(F)cc1F)Nc1cccc(Cl)c1. The Bertz CT molecular complexity index is 634. The summed E-state index contributed by atoms with van der Waals surface area (Å²) < 4.78 is 26.1. The van der Waals surface area contributed by atoms with Gasteiger partial charge in [0.15, 0.2) is 0 Å². The lowest BCUT2D eigenvalue weighted by Crippen LogP contribution is -2.28. The van der Waals surface area contributed by atoms with E-state index in [2.05, 4.69) is 10.6 Å². The van der Waals surface area contributed by atoms with Crippen LogP contribution in [-0.2, 0) is 6.54 Å². The Kier molecular flexibility index (Phi) is 4.53. The van der Waals surface area contributed by atoms with Crippen molar-refractivity contribution < 1.29 is 13.6 Å². The van der Waals surface area contributed by atoms with Crippen LogP contribution in [-0.4, -0.2) is 6.03 Å². The van der Waals surface area contributed by atoms with Gasteiger partial charge in [0.25, 0.3) is 0 Å². The molecule has 0 atom stereocenters. The number of benzene rings is 2. The molecule has 20 heavy (non-hydrogen) atoms. The fourth-order valence-corrected chi connectivity index (χ4v) is 1.77. The van der Waals surface area contributed by atoms with Gasteiger partial charge in [0, 0.05) is 28.9 Å². The second-order valence-corrected chi connectivity index (χ2v) is 4.49. The minimum Gasteiger partial charge on any atom is -0.334 e. The number of nitrogens with one attached hydrogen (secondary N) is 2. The zero-order chi connectivity index (χ0) is 14.5.